The van der Waals surface area contributed by atoms with Crippen LogP contribution in [0.5, 0.6) is 5.75 Å². The Balaban J connectivity index is 2.94. The van der Waals surface area contributed by atoms with E-state index in [4.69, 9.17) is 15.6 Å². The number of hydrogen-bond donors (Lipinski definition) is 4. The molecule has 1 unspecified atom stereocenters. The summed E-state index contributed by atoms with van der Waals surface area (Å²) in [5.74, 6) is -1.45. The van der Waals surface area contributed by atoms with Crippen LogP contribution in [0, 0.1) is 0 Å². The van der Waals surface area contributed by atoms with Gasteiger partial charge in [-0.15, -0.1) is 0 Å². The number of benzene rings is 1. The number of amides is 3. The molecule has 0 aliphatic carbocycles. The summed E-state index contributed by atoms with van der Waals surface area (Å²) in [6.07, 6.45) is 0. The van der Waals surface area contributed by atoms with E-state index in [1.807, 2.05) is 0 Å². The molecule has 0 aliphatic heterocycles. The third kappa shape index (κ3) is 3.87. The highest BCUT2D eigenvalue weighted by atomic mass is 16.5. The van der Waals surface area contributed by atoms with Crippen LogP contribution in [0.2, 0.25) is 0 Å². The topological polar surface area (TPSA) is 131 Å². The third-order valence-corrected chi connectivity index (χ3v) is 2.47. The first-order valence-corrected chi connectivity index (χ1v) is 5.63. The number of carboxylic acids is 1. The summed E-state index contributed by atoms with van der Waals surface area (Å²) in [5.41, 5.74) is 4.88. The Labute approximate surface area is 114 Å². The van der Waals surface area contributed by atoms with Crippen molar-refractivity contribution >= 4 is 23.6 Å². The summed E-state index contributed by atoms with van der Waals surface area (Å²) in [6, 6.07) is 2.45. The third-order valence-electron chi connectivity index (χ3n) is 2.47. The molecule has 8 heteroatoms. The van der Waals surface area contributed by atoms with Gasteiger partial charge in [-0.25, -0.2) is 9.59 Å². The largest absolute Gasteiger partial charge is 0.497 e. The fourth-order valence-electron chi connectivity index (χ4n) is 1.46. The van der Waals surface area contributed by atoms with Gasteiger partial charge in [-0.05, 0) is 25.1 Å². The number of carbonyl (C=O) groups excluding carboxylic acids is 2. The van der Waals surface area contributed by atoms with Crippen LogP contribution in [0.4, 0.5) is 10.5 Å². The smallest absolute Gasteiger partial charge is 0.337 e. The number of hydrogen-bond acceptors (Lipinski definition) is 4. The zero-order valence-electron chi connectivity index (χ0n) is 11.0. The Morgan fingerprint density at radius 2 is 2.00 bits per heavy atom. The van der Waals surface area contributed by atoms with Crippen molar-refractivity contribution in [2.75, 3.05) is 12.4 Å². The molecule has 1 rings (SSSR count). The number of ether oxygens (including phenoxy) is 1. The van der Waals surface area contributed by atoms with Gasteiger partial charge in [-0.2, -0.15) is 0 Å². The minimum atomic E-state index is -1.21. The fraction of sp³-hybridized carbons (Fsp3) is 0.250. The first-order valence-electron chi connectivity index (χ1n) is 5.63. The number of aromatic carboxylic acids is 1. The Bertz CT molecular complexity index is 544. The number of primary amides is 1. The molecule has 5 N–H and O–H groups in total. The van der Waals surface area contributed by atoms with Gasteiger partial charge in [0.2, 0.25) is 5.91 Å². The highest BCUT2D eigenvalue weighted by Gasteiger charge is 2.18. The van der Waals surface area contributed by atoms with Crippen LogP contribution >= 0.6 is 0 Å². The van der Waals surface area contributed by atoms with Crippen LogP contribution in [-0.4, -0.2) is 36.2 Å². The zero-order chi connectivity index (χ0) is 15.3. The Hall–Kier alpha value is -2.77. The van der Waals surface area contributed by atoms with Gasteiger partial charge in [-0.1, -0.05) is 0 Å². The van der Waals surface area contributed by atoms with Crippen molar-refractivity contribution in [3.8, 4) is 5.75 Å². The summed E-state index contributed by atoms with van der Waals surface area (Å²) in [4.78, 5) is 33.5. The lowest BCUT2D eigenvalue weighted by atomic mass is 10.1. The molecule has 1 atom stereocenters. The molecule has 3 amide bonds. The first-order chi connectivity index (χ1) is 9.35. The van der Waals surface area contributed by atoms with Crippen molar-refractivity contribution in [3.05, 3.63) is 23.8 Å². The number of carboxylic acid groups (broad SMARTS) is 1. The number of nitrogens with one attached hydrogen (secondary N) is 2. The second-order valence-electron chi connectivity index (χ2n) is 3.94. The van der Waals surface area contributed by atoms with E-state index in [2.05, 4.69) is 10.6 Å². The lowest BCUT2D eigenvalue weighted by Gasteiger charge is -2.14. The monoisotopic (exact) mass is 281 g/mol. The Morgan fingerprint density at radius 1 is 1.35 bits per heavy atom. The molecule has 1 aromatic carbocycles. The molecule has 0 spiro atoms. The van der Waals surface area contributed by atoms with E-state index in [1.54, 1.807) is 0 Å². The summed E-state index contributed by atoms with van der Waals surface area (Å²) in [5, 5.41) is 13.7. The predicted molar refractivity (Wildman–Crippen MR) is 70.8 cm³/mol. The van der Waals surface area contributed by atoms with Gasteiger partial charge in [0.25, 0.3) is 0 Å². The Morgan fingerprint density at radius 3 is 2.50 bits per heavy atom. The number of urea groups is 1. The van der Waals surface area contributed by atoms with Crippen LogP contribution in [-0.2, 0) is 4.79 Å². The first kappa shape index (κ1) is 15.3. The molecule has 0 aromatic heterocycles. The molecule has 108 valence electrons. The number of nitrogens with two attached hydrogens (primary N) is 1. The second-order valence-corrected chi connectivity index (χ2v) is 3.94. The van der Waals surface area contributed by atoms with Gasteiger partial charge in [0.05, 0.1) is 18.4 Å². The van der Waals surface area contributed by atoms with E-state index < -0.39 is 23.9 Å². The molecule has 0 heterocycles. The van der Waals surface area contributed by atoms with E-state index in [0.717, 1.165) is 0 Å². The van der Waals surface area contributed by atoms with E-state index in [9.17, 15) is 14.4 Å². The van der Waals surface area contributed by atoms with Crippen molar-refractivity contribution in [2.45, 2.75) is 13.0 Å². The highest BCUT2D eigenvalue weighted by molar-refractivity contribution is 6.03. The van der Waals surface area contributed by atoms with Crippen molar-refractivity contribution in [1.82, 2.24) is 5.32 Å². The van der Waals surface area contributed by atoms with E-state index >= 15 is 0 Å². The maximum atomic E-state index is 11.8. The van der Waals surface area contributed by atoms with E-state index in [1.165, 1.54) is 32.2 Å². The number of methoxy groups -OCH3 is 1. The maximum absolute atomic E-state index is 11.8. The number of carbonyl (C=O) groups is 3. The quantitative estimate of drug-likeness (QED) is 0.620. The molecular formula is C12H15N3O5. The average Bonchev–Trinajstić information content (AvgIpc) is 2.37. The van der Waals surface area contributed by atoms with Gasteiger partial charge < -0.3 is 26.2 Å². The van der Waals surface area contributed by atoms with Gasteiger partial charge in [-0.3, -0.25) is 4.79 Å². The molecular weight excluding hydrogens is 266 g/mol. The molecule has 0 saturated heterocycles. The summed E-state index contributed by atoms with van der Waals surface area (Å²) in [6.45, 7) is 1.42. The van der Waals surface area contributed by atoms with Crippen molar-refractivity contribution in [1.29, 1.82) is 0 Å². The van der Waals surface area contributed by atoms with Crippen LogP contribution in [0.3, 0.4) is 0 Å². The van der Waals surface area contributed by atoms with Gasteiger partial charge in [0, 0.05) is 0 Å². The van der Waals surface area contributed by atoms with Crippen LogP contribution < -0.4 is 21.1 Å². The van der Waals surface area contributed by atoms with E-state index in [0.29, 0.717) is 5.75 Å². The molecule has 20 heavy (non-hydrogen) atoms. The SMILES string of the molecule is COc1ccc(NC(=O)C(C)NC(N)=O)c(C(=O)O)c1. The second kappa shape index (κ2) is 6.41. The maximum Gasteiger partial charge on any atom is 0.337 e. The van der Waals surface area contributed by atoms with Gasteiger partial charge in [0.1, 0.15) is 11.8 Å². The fourth-order valence-corrected chi connectivity index (χ4v) is 1.46. The average molecular weight is 281 g/mol. The summed E-state index contributed by atoms with van der Waals surface area (Å²) < 4.78 is 4.92. The van der Waals surface area contributed by atoms with Crippen molar-refractivity contribution < 1.29 is 24.2 Å². The highest BCUT2D eigenvalue weighted by Crippen LogP contribution is 2.22. The van der Waals surface area contributed by atoms with Crippen LogP contribution in [0.25, 0.3) is 0 Å². The summed E-state index contributed by atoms with van der Waals surface area (Å²) in [7, 11) is 1.40. The lowest BCUT2D eigenvalue weighted by molar-refractivity contribution is -0.117. The predicted octanol–water partition coefficient (Wildman–Crippen LogP) is 0.389. The number of anilines is 1. The molecule has 0 radical (unpaired) electrons. The lowest BCUT2D eigenvalue weighted by Crippen LogP contribution is -2.44. The Kier molecular flexibility index (Phi) is 4.90. The van der Waals surface area contributed by atoms with Crippen molar-refractivity contribution in [3.63, 3.8) is 0 Å². The molecule has 0 fully saturated rings. The van der Waals surface area contributed by atoms with E-state index in [-0.39, 0.29) is 11.3 Å². The van der Waals surface area contributed by atoms with Gasteiger partial charge in [0.15, 0.2) is 0 Å². The minimum Gasteiger partial charge on any atom is -0.497 e. The molecule has 8 nitrogen and oxygen atoms in total. The van der Waals surface area contributed by atoms with Gasteiger partial charge >= 0.3 is 12.0 Å². The zero-order valence-corrected chi connectivity index (χ0v) is 11.0. The minimum absolute atomic E-state index is 0.0985. The molecule has 0 saturated carbocycles. The molecule has 0 aliphatic rings. The molecule has 1 aromatic rings. The number of rotatable bonds is 5. The molecule has 0 bridgehead atoms. The van der Waals surface area contributed by atoms with Crippen molar-refractivity contribution in [2.24, 2.45) is 5.73 Å². The summed E-state index contributed by atoms with van der Waals surface area (Å²) >= 11 is 0. The standard InChI is InChI=1S/C12H15N3O5/c1-6(14-12(13)19)10(16)15-9-4-3-7(20-2)5-8(9)11(17)18/h3-6H,1-2H3,(H,15,16)(H,17,18)(H3,13,14,19). The normalized spacial score (nSPS) is 11.3. The van der Waals surface area contributed by atoms with Crippen LogP contribution in [0.15, 0.2) is 18.2 Å². The van der Waals surface area contributed by atoms with Crippen LogP contribution in [0.1, 0.15) is 17.3 Å².